The highest BCUT2D eigenvalue weighted by molar-refractivity contribution is 5.92. The van der Waals surface area contributed by atoms with E-state index in [0.717, 1.165) is 13.0 Å². The number of carbonyl (C=O) groups is 1. The summed E-state index contributed by atoms with van der Waals surface area (Å²) in [5.41, 5.74) is 6.18. The van der Waals surface area contributed by atoms with E-state index in [1.807, 2.05) is 0 Å². The van der Waals surface area contributed by atoms with E-state index < -0.39 is 5.82 Å². The van der Waals surface area contributed by atoms with Gasteiger partial charge < -0.3 is 11.1 Å². The second-order valence-electron chi connectivity index (χ2n) is 5.75. The van der Waals surface area contributed by atoms with E-state index in [4.69, 9.17) is 5.73 Å². The lowest BCUT2D eigenvalue weighted by Crippen LogP contribution is -2.45. The fourth-order valence-electron chi connectivity index (χ4n) is 2.61. The predicted octanol–water partition coefficient (Wildman–Crippen LogP) is 2.47. The van der Waals surface area contributed by atoms with Crippen LogP contribution in [0.4, 0.5) is 15.8 Å². The molecular formula is C15H22FN3O. The molecule has 2 rings (SSSR count). The first-order chi connectivity index (χ1) is 9.45. The lowest BCUT2D eigenvalue weighted by Gasteiger charge is -2.36. The Morgan fingerprint density at radius 2 is 2.20 bits per heavy atom. The molecule has 3 N–H and O–H groups in total. The fraction of sp³-hybridized carbons (Fsp3) is 0.533. The number of rotatable bonds is 3. The Balaban J connectivity index is 1.96. The third kappa shape index (κ3) is 3.70. The Kier molecular flexibility index (Phi) is 4.60. The molecule has 1 aliphatic heterocycles. The number of amides is 1. The largest absolute Gasteiger partial charge is 0.399 e. The van der Waals surface area contributed by atoms with E-state index >= 15 is 0 Å². The van der Waals surface area contributed by atoms with E-state index in [0.29, 0.717) is 24.2 Å². The van der Waals surface area contributed by atoms with Gasteiger partial charge in [0.1, 0.15) is 5.82 Å². The summed E-state index contributed by atoms with van der Waals surface area (Å²) in [6.07, 6.45) is 2.30. The molecule has 1 aromatic rings. The molecule has 0 radical (unpaired) electrons. The number of nitrogens with two attached hydrogens (primary N) is 1. The van der Waals surface area contributed by atoms with Crippen LogP contribution in [-0.4, -0.2) is 29.9 Å². The van der Waals surface area contributed by atoms with Crippen molar-refractivity contribution in [2.75, 3.05) is 24.1 Å². The number of hydrogen-bond donors (Lipinski definition) is 2. The van der Waals surface area contributed by atoms with Crippen LogP contribution in [-0.2, 0) is 4.79 Å². The third-order valence-corrected chi connectivity index (χ3v) is 3.86. The van der Waals surface area contributed by atoms with Crippen molar-refractivity contribution in [3.05, 3.63) is 24.0 Å². The third-order valence-electron chi connectivity index (χ3n) is 3.86. The molecule has 1 aromatic carbocycles. The fourth-order valence-corrected chi connectivity index (χ4v) is 2.61. The Morgan fingerprint density at radius 1 is 1.45 bits per heavy atom. The van der Waals surface area contributed by atoms with Crippen LogP contribution in [0, 0.1) is 11.7 Å². The molecule has 1 fully saturated rings. The topological polar surface area (TPSA) is 58.4 Å². The van der Waals surface area contributed by atoms with Crippen LogP contribution in [0.25, 0.3) is 0 Å². The molecule has 1 saturated heterocycles. The number of anilines is 2. The van der Waals surface area contributed by atoms with Gasteiger partial charge in [0, 0.05) is 18.3 Å². The van der Waals surface area contributed by atoms with E-state index in [1.165, 1.54) is 24.6 Å². The van der Waals surface area contributed by atoms with Gasteiger partial charge in [-0.3, -0.25) is 9.69 Å². The van der Waals surface area contributed by atoms with Gasteiger partial charge in [0.25, 0.3) is 0 Å². The number of nitrogens with one attached hydrogen (secondary N) is 1. The summed E-state index contributed by atoms with van der Waals surface area (Å²) >= 11 is 0. The highest BCUT2D eigenvalue weighted by atomic mass is 19.1. The average molecular weight is 279 g/mol. The molecule has 2 atom stereocenters. The van der Waals surface area contributed by atoms with Gasteiger partial charge in [-0.05, 0) is 43.9 Å². The van der Waals surface area contributed by atoms with E-state index in [9.17, 15) is 9.18 Å². The first-order valence-corrected chi connectivity index (χ1v) is 7.04. The number of carbonyl (C=O) groups excluding carboxylic acids is 1. The maximum absolute atomic E-state index is 13.6. The zero-order valence-electron chi connectivity index (χ0n) is 12.0. The van der Waals surface area contributed by atoms with Crippen molar-refractivity contribution in [2.45, 2.75) is 32.7 Å². The number of hydrogen-bond acceptors (Lipinski definition) is 3. The van der Waals surface area contributed by atoms with Crippen LogP contribution in [0.3, 0.4) is 0 Å². The van der Waals surface area contributed by atoms with Crippen molar-refractivity contribution in [2.24, 2.45) is 5.92 Å². The smallest absolute Gasteiger partial charge is 0.238 e. The maximum atomic E-state index is 13.6. The molecule has 2 unspecified atom stereocenters. The van der Waals surface area contributed by atoms with Gasteiger partial charge in [0.05, 0.1) is 12.2 Å². The zero-order valence-corrected chi connectivity index (χ0v) is 12.0. The molecule has 0 spiro atoms. The Labute approximate surface area is 119 Å². The molecule has 0 saturated carbocycles. The summed E-state index contributed by atoms with van der Waals surface area (Å²) < 4.78 is 13.6. The van der Waals surface area contributed by atoms with Crippen LogP contribution in [0.1, 0.15) is 26.7 Å². The lowest BCUT2D eigenvalue weighted by molar-refractivity contribution is -0.118. The lowest BCUT2D eigenvalue weighted by atomic mass is 9.95. The molecule has 20 heavy (non-hydrogen) atoms. The second kappa shape index (κ2) is 6.22. The van der Waals surface area contributed by atoms with Crippen molar-refractivity contribution in [1.82, 2.24) is 4.90 Å². The Bertz CT molecular complexity index is 492. The molecule has 1 aliphatic rings. The highest BCUT2D eigenvalue weighted by Crippen LogP contribution is 2.21. The molecule has 0 bridgehead atoms. The first kappa shape index (κ1) is 14.8. The molecule has 110 valence electrons. The summed E-state index contributed by atoms with van der Waals surface area (Å²) in [7, 11) is 0. The number of piperidine rings is 1. The van der Waals surface area contributed by atoms with Gasteiger partial charge in [-0.2, -0.15) is 0 Å². The van der Waals surface area contributed by atoms with Crippen LogP contribution >= 0.6 is 0 Å². The van der Waals surface area contributed by atoms with Crippen molar-refractivity contribution < 1.29 is 9.18 Å². The van der Waals surface area contributed by atoms with Crippen molar-refractivity contribution in [1.29, 1.82) is 0 Å². The molecule has 0 aromatic heterocycles. The number of likely N-dealkylation sites (tertiary alicyclic amines) is 1. The Hall–Kier alpha value is -1.62. The maximum Gasteiger partial charge on any atom is 0.238 e. The minimum atomic E-state index is -0.465. The molecular weight excluding hydrogens is 257 g/mol. The summed E-state index contributed by atoms with van der Waals surface area (Å²) in [6, 6.07) is 4.56. The average Bonchev–Trinajstić information content (AvgIpc) is 2.38. The van der Waals surface area contributed by atoms with E-state index in [-0.39, 0.29) is 11.6 Å². The van der Waals surface area contributed by atoms with Crippen molar-refractivity contribution in [3.63, 3.8) is 0 Å². The second-order valence-corrected chi connectivity index (χ2v) is 5.75. The number of benzene rings is 1. The van der Waals surface area contributed by atoms with Gasteiger partial charge in [-0.25, -0.2) is 4.39 Å². The van der Waals surface area contributed by atoms with Gasteiger partial charge in [-0.1, -0.05) is 6.92 Å². The molecule has 1 amide bonds. The molecule has 4 nitrogen and oxygen atoms in total. The van der Waals surface area contributed by atoms with Crippen LogP contribution in [0.5, 0.6) is 0 Å². The minimum absolute atomic E-state index is 0.146. The quantitative estimate of drug-likeness (QED) is 0.836. The van der Waals surface area contributed by atoms with Crippen molar-refractivity contribution in [3.8, 4) is 0 Å². The van der Waals surface area contributed by atoms with Gasteiger partial charge in [-0.15, -0.1) is 0 Å². The molecule has 1 heterocycles. The van der Waals surface area contributed by atoms with E-state index in [2.05, 4.69) is 24.1 Å². The monoisotopic (exact) mass is 279 g/mol. The minimum Gasteiger partial charge on any atom is -0.399 e. The zero-order chi connectivity index (χ0) is 14.7. The summed E-state index contributed by atoms with van der Waals surface area (Å²) in [4.78, 5) is 14.2. The van der Waals surface area contributed by atoms with Gasteiger partial charge in [0.2, 0.25) is 5.91 Å². The van der Waals surface area contributed by atoms with Crippen LogP contribution < -0.4 is 11.1 Å². The number of nitrogen functional groups attached to an aromatic ring is 1. The highest BCUT2D eigenvalue weighted by Gasteiger charge is 2.24. The standard InChI is InChI=1S/C15H22FN3O/c1-10-3-4-11(2)19(8-10)9-15(20)18-14-7-12(17)5-6-13(14)16/h5-7,10-11H,3-4,8-9,17H2,1-2H3,(H,18,20). The first-order valence-electron chi connectivity index (χ1n) is 7.04. The number of halogens is 1. The Morgan fingerprint density at radius 3 is 2.95 bits per heavy atom. The van der Waals surface area contributed by atoms with Gasteiger partial charge >= 0.3 is 0 Å². The summed E-state index contributed by atoms with van der Waals surface area (Å²) in [5, 5.41) is 2.60. The summed E-state index contributed by atoms with van der Waals surface area (Å²) in [6.45, 7) is 5.52. The predicted molar refractivity (Wildman–Crippen MR) is 78.9 cm³/mol. The molecule has 5 heteroatoms. The van der Waals surface area contributed by atoms with Crippen LogP contribution in [0.15, 0.2) is 18.2 Å². The van der Waals surface area contributed by atoms with E-state index in [1.54, 1.807) is 0 Å². The van der Waals surface area contributed by atoms with Crippen molar-refractivity contribution >= 4 is 17.3 Å². The van der Waals surface area contributed by atoms with Gasteiger partial charge in [0.15, 0.2) is 0 Å². The van der Waals surface area contributed by atoms with Crippen LogP contribution in [0.2, 0.25) is 0 Å². The molecule has 0 aliphatic carbocycles. The SMILES string of the molecule is CC1CCC(C)N(CC(=O)Nc2cc(N)ccc2F)C1. The normalized spacial score (nSPS) is 23.6. The summed E-state index contributed by atoms with van der Waals surface area (Å²) in [5.74, 6) is -0.0637. The number of nitrogens with zero attached hydrogens (tertiary/aromatic N) is 1.